The Labute approximate surface area is 70.7 Å². The van der Waals surface area contributed by atoms with Crippen molar-refractivity contribution in [2.24, 2.45) is 0 Å². The predicted octanol–water partition coefficient (Wildman–Crippen LogP) is 2.21. The van der Waals surface area contributed by atoms with Crippen molar-refractivity contribution in [3.05, 3.63) is 0 Å². The molecule has 0 aliphatic rings. The van der Waals surface area contributed by atoms with Crippen molar-refractivity contribution in [2.45, 2.75) is 17.9 Å². The standard InChI is InChI=1S/C6H8F6O/c1-13-4(5(9,10)2-7)6(11,12)3-8/h4H,2-3H2,1H3. The molecule has 13 heavy (non-hydrogen) atoms. The lowest BCUT2D eigenvalue weighted by atomic mass is 10.1. The molecule has 0 heterocycles. The first-order chi connectivity index (χ1) is 5.81. The van der Waals surface area contributed by atoms with Gasteiger partial charge in [0, 0.05) is 7.11 Å². The van der Waals surface area contributed by atoms with E-state index in [1.165, 1.54) is 0 Å². The third-order valence-electron chi connectivity index (χ3n) is 1.36. The molecule has 0 fully saturated rings. The van der Waals surface area contributed by atoms with Crippen LogP contribution in [0.2, 0.25) is 0 Å². The summed E-state index contributed by atoms with van der Waals surface area (Å²) in [5.41, 5.74) is 0. The lowest BCUT2D eigenvalue weighted by molar-refractivity contribution is -0.232. The van der Waals surface area contributed by atoms with E-state index in [0.29, 0.717) is 7.11 Å². The van der Waals surface area contributed by atoms with Crippen molar-refractivity contribution in [2.75, 3.05) is 20.5 Å². The molecule has 0 atom stereocenters. The van der Waals surface area contributed by atoms with Crippen LogP contribution in [0, 0.1) is 0 Å². The first-order valence-electron chi connectivity index (χ1n) is 3.22. The average Bonchev–Trinajstić information content (AvgIpc) is 2.05. The highest BCUT2D eigenvalue weighted by molar-refractivity contribution is 4.89. The van der Waals surface area contributed by atoms with E-state index in [4.69, 9.17) is 0 Å². The quantitative estimate of drug-likeness (QED) is 0.632. The van der Waals surface area contributed by atoms with E-state index < -0.39 is 31.3 Å². The molecule has 0 bridgehead atoms. The molecule has 0 aliphatic heterocycles. The van der Waals surface area contributed by atoms with Crippen molar-refractivity contribution in [1.82, 2.24) is 0 Å². The normalized spacial score (nSPS) is 13.8. The summed E-state index contributed by atoms with van der Waals surface area (Å²) in [5, 5.41) is 0. The van der Waals surface area contributed by atoms with E-state index in [1.54, 1.807) is 0 Å². The molecule has 0 aromatic rings. The van der Waals surface area contributed by atoms with Gasteiger partial charge in [0.15, 0.2) is 19.5 Å². The largest absolute Gasteiger partial charge is 0.369 e. The Morgan fingerprint density at radius 1 is 1.00 bits per heavy atom. The lowest BCUT2D eigenvalue weighted by Crippen LogP contribution is -2.51. The first kappa shape index (κ1) is 12.5. The van der Waals surface area contributed by atoms with Gasteiger partial charge in [-0.3, -0.25) is 0 Å². The van der Waals surface area contributed by atoms with Crippen molar-refractivity contribution in [3.8, 4) is 0 Å². The second-order valence-electron chi connectivity index (χ2n) is 2.41. The maximum atomic E-state index is 12.4. The van der Waals surface area contributed by atoms with Crippen LogP contribution in [0.4, 0.5) is 26.3 Å². The Bertz CT molecular complexity index is 143. The third kappa shape index (κ3) is 2.75. The van der Waals surface area contributed by atoms with Crippen LogP contribution in [0.5, 0.6) is 0 Å². The number of hydrogen-bond donors (Lipinski definition) is 0. The summed E-state index contributed by atoms with van der Waals surface area (Å²) < 4.78 is 76.3. The van der Waals surface area contributed by atoms with E-state index in [2.05, 4.69) is 4.74 Å². The van der Waals surface area contributed by atoms with Crippen LogP contribution in [0.25, 0.3) is 0 Å². The Morgan fingerprint density at radius 2 is 1.31 bits per heavy atom. The fourth-order valence-corrected chi connectivity index (χ4v) is 0.794. The maximum absolute atomic E-state index is 12.4. The highest BCUT2D eigenvalue weighted by atomic mass is 19.3. The molecule has 80 valence electrons. The van der Waals surface area contributed by atoms with Gasteiger partial charge in [0.2, 0.25) is 0 Å². The highest BCUT2D eigenvalue weighted by Crippen LogP contribution is 2.33. The van der Waals surface area contributed by atoms with E-state index in [1.807, 2.05) is 0 Å². The summed E-state index contributed by atoms with van der Waals surface area (Å²) in [5.74, 6) is -8.77. The van der Waals surface area contributed by atoms with Crippen LogP contribution in [0.15, 0.2) is 0 Å². The predicted molar refractivity (Wildman–Crippen MR) is 32.6 cm³/mol. The van der Waals surface area contributed by atoms with Gasteiger partial charge < -0.3 is 4.74 Å². The molecular formula is C6H8F6O. The fraction of sp³-hybridized carbons (Fsp3) is 1.00. The molecule has 0 aromatic heterocycles. The van der Waals surface area contributed by atoms with Gasteiger partial charge in [0.1, 0.15) is 0 Å². The van der Waals surface area contributed by atoms with E-state index >= 15 is 0 Å². The van der Waals surface area contributed by atoms with Gasteiger partial charge in [0.25, 0.3) is 0 Å². The minimum Gasteiger partial charge on any atom is -0.369 e. The first-order valence-corrected chi connectivity index (χ1v) is 3.22. The summed E-state index contributed by atoms with van der Waals surface area (Å²) in [6.07, 6.45) is -3.07. The minimum atomic E-state index is -4.38. The van der Waals surface area contributed by atoms with Gasteiger partial charge in [-0.15, -0.1) is 0 Å². The van der Waals surface area contributed by atoms with Gasteiger partial charge >= 0.3 is 11.8 Å². The zero-order chi connectivity index (χ0) is 10.7. The molecule has 0 aliphatic carbocycles. The summed E-state index contributed by atoms with van der Waals surface area (Å²) in [7, 11) is 0.539. The van der Waals surface area contributed by atoms with Crippen molar-refractivity contribution < 1.29 is 31.1 Å². The monoisotopic (exact) mass is 210 g/mol. The summed E-state index contributed by atoms with van der Waals surface area (Å²) in [4.78, 5) is 0. The van der Waals surface area contributed by atoms with Crippen LogP contribution in [-0.4, -0.2) is 38.4 Å². The maximum Gasteiger partial charge on any atom is 0.307 e. The number of hydrogen-bond acceptors (Lipinski definition) is 1. The van der Waals surface area contributed by atoms with Gasteiger partial charge in [-0.1, -0.05) is 0 Å². The molecular weight excluding hydrogens is 202 g/mol. The zero-order valence-corrected chi connectivity index (χ0v) is 6.67. The van der Waals surface area contributed by atoms with Crippen molar-refractivity contribution in [3.63, 3.8) is 0 Å². The molecule has 0 saturated heterocycles. The third-order valence-corrected chi connectivity index (χ3v) is 1.36. The molecule has 0 saturated carbocycles. The Kier molecular flexibility index (Phi) is 4.02. The number of alkyl halides is 6. The number of ether oxygens (including phenoxy) is 1. The van der Waals surface area contributed by atoms with Gasteiger partial charge in [-0.2, -0.15) is 0 Å². The number of methoxy groups -OCH3 is 1. The highest BCUT2D eigenvalue weighted by Gasteiger charge is 2.55. The molecule has 0 spiro atoms. The van der Waals surface area contributed by atoms with E-state index in [0.717, 1.165) is 0 Å². The topological polar surface area (TPSA) is 9.23 Å². The van der Waals surface area contributed by atoms with Crippen LogP contribution in [0.1, 0.15) is 0 Å². The SMILES string of the molecule is COC(C(F)(F)CF)C(F)(F)CF. The Balaban J connectivity index is 4.69. The second-order valence-corrected chi connectivity index (χ2v) is 2.41. The summed E-state index contributed by atoms with van der Waals surface area (Å²) in [6.45, 7) is -4.64. The van der Waals surface area contributed by atoms with Crippen molar-refractivity contribution in [1.29, 1.82) is 0 Å². The van der Waals surface area contributed by atoms with Crippen molar-refractivity contribution >= 4 is 0 Å². The second kappa shape index (κ2) is 4.17. The lowest BCUT2D eigenvalue weighted by Gasteiger charge is -2.28. The molecule has 0 N–H and O–H groups in total. The molecule has 0 unspecified atom stereocenters. The molecule has 0 rings (SSSR count). The zero-order valence-electron chi connectivity index (χ0n) is 6.67. The average molecular weight is 210 g/mol. The van der Waals surface area contributed by atoms with Crippen LogP contribution in [0.3, 0.4) is 0 Å². The summed E-state index contributed by atoms with van der Waals surface area (Å²) in [6, 6.07) is 0. The smallest absolute Gasteiger partial charge is 0.307 e. The van der Waals surface area contributed by atoms with Crippen LogP contribution >= 0.6 is 0 Å². The minimum absolute atomic E-state index is 0.539. The van der Waals surface area contributed by atoms with Gasteiger partial charge in [-0.25, -0.2) is 26.3 Å². The van der Waals surface area contributed by atoms with E-state index in [-0.39, 0.29) is 0 Å². The van der Waals surface area contributed by atoms with Gasteiger partial charge in [-0.05, 0) is 0 Å². The van der Waals surface area contributed by atoms with Crippen LogP contribution in [-0.2, 0) is 4.74 Å². The fourth-order valence-electron chi connectivity index (χ4n) is 0.794. The number of rotatable bonds is 5. The Hall–Kier alpha value is -0.460. The Morgan fingerprint density at radius 3 is 1.46 bits per heavy atom. The molecule has 7 heteroatoms. The van der Waals surface area contributed by atoms with Crippen LogP contribution < -0.4 is 0 Å². The molecule has 1 nitrogen and oxygen atoms in total. The summed E-state index contributed by atoms with van der Waals surface area (Å²) >= 11 is 0. The molecule has 0 radical (unpaired) electrons. The number of halogens is 6. The molecule has 0 aromatic carbocycles. The molecule has 0 amide bonds. The van der Waals surface area contributed by atoms with E-state index in [9.17, 15) is 26.3 Å². The van der Waals surface area contributed by atoms with Gasteiger partial charge in [0.05, 0.1) is 0 Å².